The number of nitrogens with one attached hydrogen (secondary N) is 1. The van der Waals surface area contributed by atoms with Crippen molar-refractivity contribution in [3.63, 3.8) is 0 Å². The zero-order chi connectivity index (χ0) is 28.1. The quantitative estimate of drug-likeness (QED) is 0.223. The summed E-state index contributed by atoms with van der Waals surface area (Å²) in [5, 5.41) is 9.95. The Bertz CT molecular complexity index is 1330. The molecule has 0 aliphatic carbocycles. The van der Waals surface area contributed by atoms with Crippen LogP contribution in [0.5, 0.6) is 0 Å². The van der Waals surface area contributed by atoms with Crippen molar-refractivity contribution in [3.8, 4) is 11.4 Å². The topological polar surface area (TPSA) is 84.1 Å². The van der Waals surface area contributed by atoms with E-state index in [0.717, 1.165) is 39.9 Å². The molecular formula is C30H38ClN5OS. The monoisotopic (exact) mass is 551 g/mol. The van der Waals surface area contributed by atoms with Crippen molar-refractivity contribution in [1.29, 1.82) is 0 Å². The van der Waals surface area contributed by atoms with Gasteiger partial charge in [0.05, 0.1) is 16.1 Å². The van der Waals surface area contributed by atoms with Crippen LogP contribution in [-0.2, 0) is 0 Å². The maximum Gasteiger partial charge on any atom is 0.257 e. The number of hydrogen-bond donors (Lipinski definition) is 2. The van der Waals surface area contributed by atoms with Crippen molar-refractivity contribution < 1.29 is 4.79 Å². The van der Waals surface area contributed by atoms with E-state index in [4.69, 9.17) is 16.7 Å². The minimum atomic E-state index is -0.292. The number of rotatable bonds is 7. The number of amides is 1. The third-order valence-electron chi connectivity index (χ3n) is 5.63. The molecule has 1 amide bonds. The number of carbonyl (C=O) groups excluding carboxylic acids is 1. The number of para-hydroxylation sites is 1. The van der Waals surface area contributed by atoms with Gasteiger partial charge in [0.25, 0.3) is 5.91 Å². The average Bonchev–Trinajstić information content (AvgIpc) is 2.95. The molecule has 3 aromatic carbocycles. The Labute approximate surface area is 236 Å². The van der Waals surface area contributed by atoms with Gasteiger partial charge in [0.2, 0.25) is 0 Å². The first-order valence-corrected chi connectivity index (χ1v) is 14.2. The second kappa shape index (κ2) is 16.0. The van der Waals surface area contributed by atoms with E-state index in [1.165, 1.54) is 12.8 Å². The summed E-state index contributed by atoms with van der Waals surface area (Å²) in [6.07, 6.45) is 4.45. The van der Waals surface area contributed by atoms with Crippen LogP contribution in [0.1, 0.15) is 63.4 Å². The van der Waals surface area contributed by atoms with Crippen molar-refractivity contribution in [3.05, 3.63) is 83.0 Å². The van der Waals surface area contributed by atoms with Gasteiger partial charge in [-0.2, -0.15) is 0 Å². The molecule has 0 atom stereocenters. The van der Waals surface area contributed by atoms with Gasteiger partial charge >= 0.3 is 0 Å². The number of aromatic nitrogens is 2. The van der Waals surface area contributed by atoms with E-state index in [2.05, 4.69) is 29.1 Å². The largest absolute Gasteiger partial charge is 0.322 e. The highest BCUT2D eigenvalue weighted by Gasteiger charge is 2.15. The number of carbonyl (C=O) groups is 1. The minimum absolute atomic E-state index is 0.292. The molecule has 0 bridgehead atoms. The standard InChI is InChI=1S/C24H22ClN5OS.C4H10.C2H6/c1-3-30(32-26)18-10-11-19(21(25)13-18)24(31)28-17-9-8-15(2)20(12-17)23-27-14-16-6-4-5-7-22(16)29-23;1-3-4-2;1-2/h4-14H,3,26H2,1-2H3,(H,28,31);3-4H2,1-2H3;1-2H3. The lowest BCUT2D eigenvalue weighted by Crippen LogP contribution is -2.17. The van der Waals surface area contributed by atoms with Crippen molar-refractivity contribution in [2.45, 2.75) is 54.4 Å². The predicted molar refractivity (Wildman–Crippen MR) is 166 cm³/mol. The molecule has 1 heterocycles. The first-order chi connectivity index (χ1) is 18.4. The zero-order valence-electron chi connectivity index (χ0n) is 23.1. The second-order valence-corrected chi connectivity index (χ2v) is 9.26. The molecule has 0 aliphatic heterocycles. The summed E-state index contributed by atoms with van der Waals surface area (Å²) in [5.74, 6) is 0.317. The van der Waals surface area contributed by atoms with Crippen LogP contribution in [0.2, 0.25) is 5.02 Å². The SMILES string of the molecule is CC.CCCC.CCN(SN)c1ccc(C(=O)Nc2ccc(C)c(-c3ncc4ccccc4n3)c2)c(Cl)c1. The Hall–Kier alpha value is -3.13. The van der Waals surface area contributed by atoms with Gasteiger partial charge in [0.1, 0.15) is 0 Å². The smallest absolute Gasteiger partial charge is 0.257 e. The molecule has 0 saturated carbocycles. The number of benzene rings is 3. The fraction of sp³-hybridized carbons (Fsp3) is 0.300. The Morgan fingerprint density at radius 2 is 1.74 bits per heavy atom. The molecule has 8 heteroatoms. The zero-order valence-corrected chi connectivity index (χ0v) is 24.7. The molecule has 1 aromatic heterocycles. The molecule has 6 nitrogen and oxygen atoms in total. The van der Waals surface area contributed by atoms with Crippen LogP contribution in [0, 0.1) is 6.92 Å². The number of anilines is 2. The minimum Gasteiger partial charge on any atom is -0.322 e. The van der Waals surface area contributed by atoms with E-state index in [1.807, 2.05) is 86.7 Å². The lowest BCUT2D eigenvalue weighted by atomic mass is 10.1. The lowest BCUT2D eigenvalue weighted by Gasteiger charge is -2.19. The highest BCUT2D eigenvalue weighted by molar-refractivity contribution is 7.98. The van der Waals surface area contributed by atoms with Crippen molar-refractivity contribution in [1.82, 2.24) is 9.97 Å². The van der Waals surface area contributed by atoms with Gasteiger partial charge < -0.3 is 9.62 Å². The van der Waals surface area contributed by atoms with Crippen LogP contribution < -0.4 is 14.8 Å². The second-order valence-electron chi connectivity index (χ2n) is 8.20. The summed E-state index contributed by atoms with van der Waals surface area (Å²) < 4.78 is 1.88. The first kappa shape index (κ1) is 31.1. The Kier molecular flexibility index (Phi) is 13.1. The molecular weight excluding hydrogens is 514 g/mol. The lowest BCUT2D eigenvalue weighted by molar-refractivity contribution is 0.102. The van der Waals surface area contributed by atoms with E-state index in [1.54, 1.807) is 12.1 Å². The van der Waals surface area contributed by atoms with Crippen LogP contribution in [0.15, 0.2) is 66.9 Å². The van der Waals surface area contributed by atoms with Crippen LogP contribution >= 0.6 is 23.7 Å². The van der Waals surface area contributed by atoms with Crippen LogP contribution in [0.4, 0.5) is 11.4 Å². The molecule has 3 N–H and O–H groups in total. The number of unbranched alkanes of at least 4 members (excludes halogenated alkanes) is 1. The Morgan fingerprint density at radius 1 is 1.03 bits per heavy atom. The number of nitrogens with two attached hydrogens (primary N) is 1. The maximum atomic E-state index is 12.9. The molecule has 0 saturated heterocycles. The Morgan fingerprint density at radius 3 is 2.37 bits per heavy atom. The van der Waals surface area contributed by atoms with Crippen molar-refractivity contribution in [2.24, 2.45) is 5.14 Å². The normalized spacial score (nSPS) is 10.1. The fourth-order valence-electron chi connectivity index (χ4n) is 3.40. The van der Waals surface area contributed by atoms with Crippen molar-refractivity contribution >= 4 is 51.9 Å². The maximum absolute atomic E-state index is 12.9. The van der Waals surface area contributed by atoms with Crippen molar-refractivity contribution in [2.75, 3.05) is 16.2 Å². The number of aryl methyl sites for hydroxylation is 1. The van der Waals surface area contributed by atoms with Crippen LogP contribution in [0.3, 0.4) is 0 Å². The van der Waals surface area contributed by atoms with Gasteiger partial charge in [-0.1, -0.05) is 76.4 Å². The molecule has 202 valence electrons. The van der Waals surface area contributed by atoms with E-state index >= 15 is 0 Å². The third-order valence-corrected chi connectivity index (χ3v) is 6.66. The summed E-state index contributed by atoms with van der Waals surface area (Å²) in [7, 11) is 0. The van der Waals surface area contributed by atoms with E-state index in [0.29, 0.717) is 28.6 Å². The molecule has 0 fully saturated rings. The van der Waals surface area contributed by atoms with E-state index < -0.39 is 0 Å². The third kappa shape index (κ3) is 8.18. The van der Waals surface area contributed by atoms with Gasteiger partial charge in [-0.05, 0) is 55.8 Å². The fourth-order valence-corrected chi connectivity index (χ4v) is 4.05. The summed E-state index contributed by atoms with van der Waals surface area (Å²) in [6.45, 7) is 13.1. The molecule has 4 rings (SSSR count). The number of hydrogen-bond acceptors (Lipinski definition) is 6. The van der Waals surface area contributed by atoms with Gasteiger partial charge in [0.15, 0.2) is 5.82 Å². The number of fused-ring (bicyclic) bond motifs is 1. The first-order valence-electron chi connectivity index (χ1n) is 13.0. The summed E-state index contributed by atoms with van der Waals surface area (Å²) in [5.41, 5.74) is 4.61. The van der Waals surface area contributed by atoms with Gasteiger partial charge in [-0.25, -0.2) is 9.97 Å². The summed E-state index contributed by atoms with van der Waals surface area (Å²) in [4.78, 5) is 22.1. The number of nitrogens with zero attached hydrogens (tertiary/aromatic N) is 3. The molecule has 4 aromatic rings. The van der Waals surface area contributed by atoms with Gasteiger partial charge in [-0.15, -0.1) is 0 Å². The molecule has 0 aliphatic rings. The Balaban J connectivity index is 0.000000773. The number of halogens is 1. The van der Waals surface area contributed by atoms with E-state index in [9.17, 15) is 4.79 Å². The highest BCUT2D eigenvalue weighted by Crippen LogP contribution is 2.28. The van der Waals surface area contributed by atoms with Crippen LogP contribution in [-0.4, -0.2) is 22.4 Å². The molecule has 38 heavy (non-hydrogen) atoms. The molecule has 0 unspecified atom stereocenters. The molecule has 0 spiro atoms. The summed E-state index contributed by atoms with van der Waals surface area (Å²) >= 11 is 7.51. The van der Waals surface area contributed by atoms with Gasteiger partial charge in [-0.3, -0.25) is 9.93 Å². The van der Waals surface area contributed by atoms with Crippen LogP contribution in [0.25, 0.3) is 22.3 Å². The van der Waals surface area contributed by atoms with E-state index in [-0.39, 0.29) is 5.91 Å². The van der Waals surface area contributed by atoms with Gasteiger partial charge in [0, 0.05) is 47.2 Å². The predicted octanol–water partition coefficient (Wildman–Crippen LogP) is 8.69. The highest BCUT2D eigenvalue weighted by atomic mass is 35.5. The summed E-state index contributed by atoms with van der Waals surface area (Å²) in [6, 6.07) is 18.8. The average molecular weight is 552 g/mol. The molecule has 0 radical (unpaired) electrons.